The van der Waals surface area contributed by atoms with Crippen LogP contribution in [0.15, 0.2) is 80.9 Å². The molecule has 5 rings (SSSR count). The largest absolute Gasteiger partial charge is 0.496 e. The van der Waals surface area contributed by atoms with Gasteiger partial charge in [-0.1, -0.05) is 46.3 Å². The van der Waals surface area contributed by atoms with Crippen molar-refractivity contribution in [1.82, 2.24) is 14.3 Å². The molecule has 2 amide bonds. The second-order valence-electron chi connectivity index (χ2n) is 9.45. The minimum atomic E-state index is -0.320. The summed E-state index contributed by atoms with van der Waals surface area (Å²) < 4.78 is 9.82. The van der Waals surface area contributed by atoms with E-state index in [4.69, 9.17) is 4.74 Å². The number of thioether (sulfide) groups is 1. The van der Waals surface area contributed by atoms with Crippen molar-refractivity contribution in [3.8, 4) is 11.4 Å². The second-order valence-corrected chi connectivity index (χ2v) is 11.3. The van der Waals surface area contributed by atoms with Crippen LogP contribution in [0.5, 0.6) is 5.75 Å². The van der Waals surface area contributed by atoms with Crippen molar-refractivity contribution < 1.29 is 14.3 Å². The maximum atomic E-state index is 13.6. The van der Waals surface area contributed by atoms with E-state index in [1.54, 1.807) is 31.8 Å². The van der Waals surface area contributed by atoms with Gasteiger partial charge in [-0.2, -0.15) is 0 Å². The van der Waals surface area contributed by atoms with E-state index in [-0.39, 0.29) is 28.8 Å². The molecule has 0 aliphatic carbocycles. The molecule has 2 heterocycles. The van der Waals surface area contributed by atoms with Crippen molar-refractivity contribution in [3.63, 3.8) is 0 Å². The number of nitrogens with one attached hydrogen (secondary N) is 1. The number of fused-ring (bicyclic) bond motifs is 1. The Hall–Kier alpha value is -3.76. The number of aromatic nitrogens is 2. The standard InChI is InChI=1S/C30H29BrN4O4S/c1-19-28(30(38)35(33(19)2)20-9-5-4-6-10-20)32-27(36)18-40-26-12-8-7-11-22(26)29(37)34-16-15-21-23(17-34)25(39-3)14-13-24(21)31/h4-14H,15-18H2,1-3H3,(H,32,36). The predicted octanol–water partition coefficient (Wildman–Crippen LogP) is 5.18. The number of rotatable bonds is 7. The molecule has 40 heavy (non-hydrogen) atoms. The lowest BCUT2D eigenvalue weighted by molar-refractivity contribution is -0.113. The Morgan fingerprint density at radius 3 is 2.50 bits per heavy atom. The number of benzene rings is 3. The average Bonchev–Trinajstić information content (AvgIpc) is 3.19. The number of carbonyl (C=O) groups excluding carboxylic acids is 2. The molecule has 206 valence electrons. The number of halogens is 1. The third-order valence-electron chi connectivity index (χ3n) is 7.11. The highest BCUT2D eigenvalue weighted by atomic mass is 79.9. The molecule has 0 fully saturated rings. The van der Waals surface area contributed by atoms with E-state index in [2.05, 4.69) is 21.2 Å². The molecule has 3 aromatic carbocycles. The number of anilines is 1. The minimum Gasteiger partial charge on any atom is -0.496 e. The fourth-order valence-corrected chi connectivity index (χ4v) is 6.35. The number of ether oxygens (including phenoxy) is 1. The van der Waals surface area contributed by atoms with Gasteiger partial charge in [0.1, 0.15) is 11.4 Å². The quantitative estimate of drug-likeness (QED) is 0.288. The maximum Gasteiger partial charge on any atom is 0.295 e. The molecule has 0 unspecified atom stereocenters. The van der Waals surface area contributed by atoms with Gasteiger partial charge in [0, 0.05) is 35.1 Å². The fraction of sp³-hybridized carbons (Fsp3) is 0.233. The van der Waals surface area contributed by atoms with Gasteiger partial charge in [0.15, 0.2) is 0 Å². The van der Waals surface area contributed by atoms with Crippen LogP contribution < -0.4 is 15.6 Å². The first-order valence-electron chi connectivity index (χ1n) is 12.8. The van der Waals surface area contributed by atoms with Crippen molar-refractivity contribution in [2.24, 2.45) is 7.05 Å². The highest BCUT2D eigenvalue weighted by Gasteiger charge is 2.27. The number of hydrogen-bond acceptors (Lipinski definition) is 5. The molecule has 10 heteroatoms. The van der Waals surface area contributed by atoms with Crippen LogP contribution in [-0.4, -0.2) is 45.5 Å². The van der Waals surface area contributed by atoms with Crippen molar-refractivity contribution in [3.05, 3.63) is 104 Å². The molecule has 1 aromatic heterocycles. The SMILES string of the molecule is COc1ccc(Br)c2c1CN(C(=O)c1ccccc1SCC(=O)Nc1c(C)n(C)n(-c3ccccc3)c1=O)CC2. The third kappa shape index (κ3) is 5.33. The van der Waals surface area contributed by atoms with E-state index in [0.717, 1.165) is 21.3 Å². The van der Waals surface area contributed by atoms with Crippen LogP contribution in [0.25, 0.3) is 5.69 Å². The monoisotopic (exact) mass is 620 g/mol. The molecule has 0 spiro atoms. The van der Waals surface area contributed by atoms with Gasteiger partial charge < -0.3 is 15.0 Å². The van der Waals surface area contributed by atoms with Gasteiger partial charge in [0.25, 0.3) is 11.5 Å². The summed E-state index contributed by atoms with van der Waals surface area (Å²) >= 11 is 4.89. The van der Waals surface area contributed by atoms with E-state index in [1.165, 1.54) is 16.4 Å². The van der Waals surface area contributed by atoms with Crippen LogP contribution in [0.2, 0.25) is 0 Å². The van der Waals surface area contributed by atoms with Gasteiger partial charge in [0.2, 0.25) is 5.91 Å². The van der Waals surface area contributed by atoms with E-state index < -0.39 is 0 Å². The first-order valence-corrected chi connectivity index (χ1v) is 14.6. The first kappa shape index (κ1) is 27.8. The van der Waals surface area contributed by atoms with Gasteiger partial charge in [-0.15, -0.1) is 11.8 Å². The molecule has 0 saturated carbocycles. The summed E-state index contributed by atoms with van der Waals surface area (Å²) in [6.45, 7) is 2.82. The average molecular weight is 622 g/mol. The predicted molar refractivity (Wildman–Crippen MR) is 161 cm³/mol. The van der Waals surface area contributed by atoms with Crippen molar-refractivity contribution in [2.75, 3.05) is 24.7 Å². The number of nitrogens with zero attached hydrogens (tertiary/aromatic N) is 3. The highest BCUT2D eigenvalue weighted by molar-refractivity contribution is 9.10. The summed E-state index contributed by atoms with van der Waals surface area (Å²) in [4.78, 5) is 42.3. The maximum absolute atomic E-state index is 13.6. The van der Waals surface area contributed by atoms with Crippen LogP contribution in [-0.2, 0) is 24.8 Å². The molecule has 0 bridgehead atoms. The summed E-state index contributed by atoms with van der Waals surface area (Å²) in [6, 6.07) is 20.5. The second kappa shape index (κ2) is 11.8. The molecule has 1 aliphatic heterocycles. The zero-order valence-corrected chi connectivity index (χ0v) is 24.8. The Kier molecular flexibility index (Phi) is 8.18. The summed E-state index contributed by atoms with van der Waals surface area (Å²) in [7, 11) is 3.42. The molecule has 4 aromatic rings. The first-order chi connectivity index (χ1) is 19.3. The zero-order chi connectivity index (χ0) is 28.4. The third-order valence-corrected chi connectivity index (χ3v) is 8.93. The summed E-state index contributed by atoms with van der Waals surface area (Å²) in [5, 5.41) is 2.79. The molecule has 0 radical (unpaired) electrons. The molecular weight excluding hydrogens is 592 g/mol. The Bertz CT molecular complexity index is 1650. The topological polar surface area (TPSA) is 85.6 Å². The van der Waals surface area contributed by atoms with Gasteiger partial charge in [-0.05, 0) is 55.3 Å². The highest BCUT2D eigenvalue weighted by Crippen LogP contribution is 2.34. The fourth-order valence-electron chi connectivity index (χ4n) is 4.94. The molecule has 0 saturated heterocycles. The van der Waals surface area contributed by atoms with E-state index >= 15 is 0 Å². The van der Waals surface area contributed by atoms with Crippen molar-refractivity contribution >= 4 is 45.2 Å². The minimum absolute atomic E-state index is 0.0486. The number of carbonyl (C=O) groups is 2. The molecule has 0 atom stereocenters. The molecule has 8 nitrogen and oxygen atoms in total. The van der Waals surface area contributed by atoms with Crippen LogP contribution in [0, 0.1) is 6.92 Å². The lowest BCUT2D eigenvalue weighted by atomic mass is 9.98. The van der Waals surface area contributed by atoms with Gasteiger partial charge in [-0.25, -0.2) is 4.68 Å². The Morgan fingerprint density at radius 2 is 1.75 bits per heavy atom. The van der Waals surface area contributed by atoms with Gasteiger partial charge in [0.05, 0.1) is 29.8 Å². The Labute approximate surface area is 245 Å². The number of hydrogen-bond donors (Lipinski definition) is 1. The Balaban J connectivity index is 1.30. The zero-order valence-electron chi connectivity index (χ0n) is 22.4. The van der Waals surface area contributed by atoms with Crippen LogP contribution in [0.4, 0.5) is 5.69 Å². The van der Waals surface area contributed by atoms with Crippen LogP contribution >= 0.6 is 27.7 Å². The molecule has 1 N–H and O–H groups in total. The normalized spacial score (nSPS) is 12.7. The smallest absolute Gasteiger partial charge is 0.295 e. The van der Waals surface area contributed by atoms with E-state index in [9.17, 15) is 14.4 Å². The van der Waals surface area contributed by atoms with E-state index in [1.807, 2.05) is 65.6 Å². The van der Waals surface area contributed by atoms with E-state index in [0.29, 0.717) is 41.4 Å². The van der Waals surface area contributed by atoms with Crippen LogP contribution in [0.1, 0.15) is 27.2 Å². The number of para-hydroxylation sites is 1. The van der Waals surface area contributed by atoms with Gasteiger partial charge in [-0.3, -0.25) is 19.1 Å². The lowest BCUT2D eigenvalue weighted by Gasteiger charge is -2.31. The summed E-state index contributed by atoms with van der Waals surface area (Å²) in [5.41, 5.74) is 4.01. The van der Waals surface area contributed by atoms with Crippen molar-refractivity contribution in [1.29, 1.82) is 0 Å². The molecule has 1 aliphatic rings. The van der Waals surface area contributed by atoms with Crippen LogP contribution in [0.3, 0.4) is 0 Å². The Morgan fingerprint density at radius 1 is 1.02 bits per heavy atom. The summed E-state index contributed by atoms with van der Waals surface area (Å²) in [6.07, 6.45) is 0.716. The molecular formula is C30H29BrN4O4S. The van der Waals surface area contributed by atoms with Crippen molar-refractivity contribution in [2.45, 2.75) is 24.8 Å². The number of amides is 2. The summed E-state index contributed by atoms with van der Waals surface area (Å²) in [5.74, 6) is 0.394. The number of methoxy groups -OCH3 is 1. The van der Waals surface area contributed by atoms with Gasteiger partial charge >= 0.3 is 0 Å². The lowest BCUT2D eigenvalue weighted by Crippen LogP contribution is -2.36.